The van der Waals surface area contributed by atoms with Crippen LogP contribution in [0.4, 0.5) is 0 Å². The Labute approximate surface area is 79.3 Å². The number of aliphatic hydroxyl groups is 1. The van der Waals surface area contributed by atoms with Crippen molar-refractivity contribution in [2.24, 2.45) is 23.0 Å². The molecule has 1 fully saturated rings. The second-order valence-corrected chi connectivity index (χ2v) is 5.11. The van der Waals surface area contributed by atoms with Crippen LogP contribution in [-0.4, -0.2) is 17.1 Å². The SMILES string of the molecule is CC(C)(C)[C@@H]1C[C@@H](O)[C@H](C(N)=O)C1. The smallest absolute Gasteiger partial charge is 0.223 e. The van der Waals surface area contributed by atoms with E-state index < -0.39 is 6.10 Å². The standard InChI is InChI=1S/C10H19NO2/c1-10(2,3)6-4-7(9(11)13)8(12)5-6/h6-8,12H,4-5H2,1-3H3,(H2,11,13)/t6-,7+,8+/m0/s1. The topological polar surface area (TPSA) is 63.3 Å². The number of carbonyl (C=O) groups is 1. The molecular formula is C10H19NO2. The molecule has 0 radical (unpaired) electrons. The number of nitrogens with two attached hydrogens (primary N) is 1. The highest BCUT2D eigenvalue weighted by molar-refractivity contribution is 5.77. The molecule has 0 spiro atoms. The Morgan fingerprint density at radius 3 is 2.15 bits per heavy atom. The van der Waals surface area contributed by atoms with E-state index in [1.165, 1.54) is 0 Å². The van der Waals surface area contributed by atoms with Gasteiger partial charge in [0.25, 0.3) is 0 Å². The Balaban J connectivity index is 2.65. The average molecular weight is 185 g/mol. The van der Waals surface area contributed by atoms with Gasteiger partial charge < -0.3 is 10.8 Å². The number of hydrogen-bond donors (Lipinski definition) is 2. The largest absolute Gasteiger partial charge is 0.392 e. The van der Waals surface area contributed by atoms with E-state index in [4.69, 9.17) is 5.73 Å². The van der Waals surface area contributed by atoms with Crippen molar-refractivity contribution >= 4 is 5.91 Å². The van der Waals surface area contributed by atoms with E-state index in [0.29, 0.717) is 12.3 Å². The van der Waals surface area contributed by atoms with Crippen LogP contribution in [0.15, 0.2) is 0 Å². The lowest BCUT2D eigenvalue weighted by Crippen LogP contribution is -2.29. The molecule has 0 unspecified atom stereocenters. The van der Waals surface area contributed by atoms with Gasteiger partial charge in [-0.05, 0) is 24.2 Å². The normalized spacial score (nSPS) is 34.9. The van der Waals surface area contributed by atoms with E-state index >= 15 is 0 Å². The second-order valence-electron chi connectivity index (χ2n) is 5.11. The van der Waals surface area contributed by atoms with Gasteiger partial charge in [-0.25, -0.2) is 0 Å². The number of rotatable bonds is 1. The average Bonchev–Trinajstić information content (AvgIpc) is 2.29. The summed E-state index contributed by atoms with van der Waals surface area (Å²) < 4.78 is 0. The zero-order valence-electron chi connectivity index (χ0n) is 8.58. The Morgan fingerprint density at radius 1 is 1.38 bits per heavy atom. The van der Waals surface area contributed by atoms with Crippen LogP contribution < -0.4 is 5.73 Å². The molecule has 3 N–H and O–H groups in total. The van der Waals surface area contributed by atoms with Crippen LogP contribution in [0.25, 0.3) is 0 Å². The van der Waals surface area contributed by atoms with Crippen LogP contribution in [0.1, 0.15) is 33.6 Å². The number of amides is 1. The molecule has 0 saturated heterocycles. The molecule has 1 amide bonds. The molecule has 1 aliphatic carbocycles. The van der Waals surface area contributed by atoms with Crippen LogP contribution in [0.3, 0.4) is 0 Å². The molecule has 0 aromatic carbocycles. The Kier molecular flexibility index (Phi) is 2.66. The molecule has 0 heterocycles. The molecule has 0 aliphatic heterocycles. The summed E-state index contributed by atoms with van der Waals surface area (Å²) in [6.07, 6.45) is 0.915. The Hall–Kier alpha value is -0.570. The number of hydrogen-bond acceptors (Lipinski definition) is 2. The summed E-state index contributed by atoms with van der Waals surface area (Å²) in [5.41, 5.74) is 5.35. The first-order valence-corrected chi connectivity index (χ1v) is 4.79. The van der Waals surface area contributed by atoms with Crippen LogP contribution in [0, 0.1) is 17.3 Å². The summed E-state index contributed by atoms with van der Waals surface area (Å²) in [5, 5.41) is 9.59. The number of aliphatic hydroxyl groups excluding tert-OH is 1. The third-order valence-electron chi connectivity index (χ3n) is 3.12. The van der Waals surface area contributed by atoms with Gasteiger partial charge in [0.15, 0.2) is 0 Å². The number of carbonyl (C=O) groups excluding carboxylic acids is 1. The molecule has 0 aromatic rings. The van der Waals surface area contributed by atoms with Gasteiger partial charge in [-0.2, -0.15) is 0 Å². The van der Waals surface area contributed by atoms with Crippen molar-refractivity contribution in [1.29, 1.82) is 0 Å². The minimum atomic E-state index is -0.526. The van der Waals surface area contributed by atoms with Gasteiger partial charge in [-0.1, -0.05) is 20.8 Å². The highest BCUT2D eigenvalue weighted by Gasteiger charge is 2.41. The quantitative estimate of drug-likeness (QED) is 0.637. The van der Waals surface area contributed by atoms with Crippen molar-refractivity contribution in [2.45, 2.75) is 39.7 Å². The molecule has 3 nitrogen and oxygen atoms in total. The fourth-order valence-corrected chi connectivity index (χ4v) is 2.03. The van der Waals surface area contributed by atoms with Gasteiger partial charge in [0.1, 0.15) is 0 Å². The highest BCUT2D eigenvalue weighted by Crippen LogP contribution is 2.41. The minimum absolute atomic E-state index is 0.158. The maximum Gasteiger partial charge on any atom is 0.223 e. The van der Waals surface area contributed by atoms with E-state index in [9.17, 15) is 9.90 Å². The van der Waals surface area contributed by atoms with E-state index in [1.807, 2.05) is 0 Å². The van der Waals surface area contributed by atoms with Gasteiger partial charge >= 0.3 is 0 Å². The summed E-state index contributed by atoms with van der Waals surface area (Å²) in [6.45, 7) is 6.40. The molecule has 1 rings (SSSR count). The minimum Gasteiger partial charge on any atom is -0.392 e. The molecule has 0 bridgehead atoms. The maximum atomic E-state index is 10.9. The fourth-order valence-electron chi connectivity index (χ4n) is 2.03. The monoisotopic (exact) mass is 185 g/mol. The first-order valence-electron chi connectivity index (χ1n) is 4.79. The van der Waals surface area contributed by atoms with Crippen molar-refractivity contribution in [3.63, 3.8) is 0 Å². The molecule has 13 heavy (non-hydrogen) atoms. The van der Waals surface area contributed by atoms with Gasteiger partial charge in [-0.15, -0.1) is 0 Å². The van der Waals surface area contributed by atoms with E-state index in [0.717, 1.165) is 6.42 Å². The maximum absolute atomic E-state index is 10.9. The van der Waals surface area contributed by atoms with Crippen LogP contribution >= 0.6 is 0 Å². The van der Waals surface area contributed by atoms with Crippen molar-refractivity contribution in [3.05, 3.63) is 0 Å². The highest BCUT2D eigenvalue weighted by atomic mass is 16.3. The molecule has 1 aliphatic rings. The third-order valence-corrected chi connectivity index (χ3v) is 3.12. The van der Waals surface area contributed by atoms with E-state index in [2.05, 4.69) is 20.8 Å². The molecule has 1 saturated carbocycles. The lowest BCUT2D eigenvalue weighted by Gasteiger charge is -2.26. The van der Waals surface area contributed by atoms with Crippen molar-refractivity contribution in [3.8, 4) is 0 Å². The lowest BCUT2D eigenvalue weighted by atomic mass is 9.79. The molecule has 3 atom stereocenters. The second kappa shape index (κ2) is 3.29. The first kappa shape index (κ1) is 10.5. The Morgan fingerprint density at radius 2 is 1.92 bits per heavy atom. The summed E-state index contributed by atoms with van der Waals surface area (Å²) >= 11 is 0. The van der Waals surface area contributed by atoms with E-state index in [1.54, 1.807) is 0 Å². The fraction of sp³-hybridized carbons (Fsp3) is 0.900. The van der Waals surface area contributed by atoms with Crippen LogP contribution in [-0.2, 0) is 4.79 Å². The molecule has 76 valence electrons. The van der Waals surface area contributed by atoms with Crippen molar-refractivity contribution in [1.82, 2.24) is 0 Å². The predicted molar refractivity (Wildman–Crippen MR) is 50.9 cm³/mol. The summed E-state index contributed by atoms with van der Waals surface area (Å²) in [4.78, 5) is 10.9. The van der Waals surface area contributed by atoms with Crippen molar-refractivity contribution in [2.75, 3.05) is 0 Å². The van der Waals surface area contributed by atoms with Gasteiger partial charge in [0, 0.05) is 0 Å². The van der Waals surface area contributed by atoms with Crippen molar-refractivity contribution < 1.29 is 9.90 Å². The van der Waals surface area contributed by atoms with Crippen LogP contribution in [0.5, 0.6) is 0 Å². The van der Waals surface area contributed by atoms with Crippen LogP contribution in [0.2, 0.25) is 0 Å². The number of primary amides is 1. The zero-order valence-corrected chi connectivity index (χ0v) is 8.58. The molecule has 3 heteroatoms. The summed E-state index contributed by atoms with van der Waals surface area (Å²) in [7, 11) is 0. The van der Waals surface area contributed by atoms with Gasteiger partial charge in [0.2, 0.25) is 5.91 Å². The molecular weight excluding hydrogens is 166 g/mol. The van der Waals surface area contributed by atoms with Gasteiger partial charge in [-0.3, -0.25) is 4.79 Å². The Bertz CT molecular complexity index is 207. The predicted octanol–water partition coefficient (Wildman–Crippen LogP) is 0.905. The summed E-state index contributed by atoms with van der Waals surface area (Å²) in [5.74, 6) is -0.288. The zero-order chi connectivity index (χ0) is 10.2. The molecule has 0 aromatic heterocycles. The third kappa shape index (κ3) is 2.21. The van der Waals surface area contributed by atoms with E-state index in [-0.39, 0.29) is 17.2 Å². The summed E-state index contributed by atoms with van der Waals surface area (Å²) in [6, 6.07) is 0. The lowest BCUT2D eigenvalue weighted by molar-refractivity contribution is -0.124. The first-order chi connectivity index (χ1) is 5.82. The van der Waals surface area contributed by atoms with Gasteiger partial charge in [0.05, 0.1) is 12.0 Å².